The quantitative estimate of drug-likeness (QED) is 0.480. The highest BCUT2D eigenvalue weighted by atomic mass is 16.6. The molecule has 2 rings (SSSR count). The fourth-order valence-electron chi connectivity index (χ4n) is 3.69. The van der Waals surface area contributed by atoms with E-state index in [1.54, 1.807) is 51.1 Å². The minimum Gasteiger partial charge on any atom is -0.444 e. The van der Waals surface area contributed by atoms with Crippen molar-refractivity contribution in [1.29, 1.82) is 5.26 Å². The number of para-hydroxylation sites is 1. The van der Waals surface area contributed by atoms with Crippen LogP contribution in [0.3, 0.4) is 0 Å². The molecule has 3 amide bonds. The molecule has 8 heteroatoms. The Kier molecular flexibility index (Phi) is 10.0. The lowest BCUT2D eigenvalue weighted by Gasteiger charge is -2.34. The van der Waals surface area contributed by atoms with Crippen molar-refractivity contribution in [3.63, 3.8) is 0 Å². The zero-order chi connectivity index (χ0) is 26.9. The molecule has 0 heterocycles. The molecule has 0 saturated heterocycles. The SMILES string of the molecule is CCC(C)C(NC(=O)OC(C)(C)C)C(=O)N(CC#N)C(C(=O)Nc1ccccc1C)c1ccccc1. The first-order chi connectivity index (χ1) is 17.0. The van der Waals surface area contributed by atoms with E-state index in [-0.39, 0.29) is 12.5 Å². The Hall–Kier alpha value is -3.86. The van der Waals surface area contributed by atoms with E-state index in [1.807, 2.05) is 51.1 Å². The van der Waals surface area contributed by atoms with Gasteiger partial charge in [0.15, 0.2) is 0 Å². The maximum Gasteiger partial charge on any atom is 0.408 e. The van der Waals surface area contributed by atoms with E-state index in [1.165, 1.54) is 4.90 Å². The van der Waals surface area contributed by atoms with Crippen LogP contribution in [0.5, 0.6) is 0 Å². The molecule has 0 aromatic heterocycles. The van der Waals surface area contributed by atoms with Crippen LogP contribution in [-0.4, -0.2) is 41.0 Å². The molecule has 0 aliphatic heterocycles. The lowest BCUT2D eigenvalue weighted by molar-refractivity contribution is -0.141. The molecule has 3 atom stereocenters. The topological polar surface area (TPSA) is 112 Å². The lowest BCUT2D eigenvalue weighted by atomic mass is 9.95. The van der Waals surface area contributed by atoms with E-state index in [4.69, 9.17) is 4.74 Å². The summed E-state index contributed by atoms with van der Waals surface area (Å²) in [6.45, 7) is 10.4. The monoisotopic (exact) mass is 492 g/mol. The van der Waals surface area contributed by atoms with Gasteiger partial charge in [-0.15, -0.1) is 0 Å². The van der Waals surface area contributed by atoms with Crippen LogP contribution in [0.1, 0.15) is 58.2 Å². The van der Waals surface area contributed by atoms with Gasteiger partial charge in [0, 0.05) is 5.69 Å². The van der Waals surface area contributed by atoms with Gasteiger partial charge in [-0.1, -0.05) is 68.8 Å². The summed E-state index contributed by atoms with van der Waals surface area (Å²) in [6, 6.07) is 16.1. The summed E-state index contributed by atoms with van der Waals surface area (Å²) >= 11 is 0. The normalized spacial score (nSPS) is 13.5. The Labute approximate surface area is 213 Å². The second-order valence-electron chi connectivity index (χ2n) is 9.75. The minimum absolute atomic E-state index is 0.276. The Bertz CT molecular complexity index is 1090. The maximum absolute atomic E-state index is 13.9. The molecule has 2 N–H and O–H groups in total. The number of rotatable bonds is 9. The van der Waals surface area contributed by atoms with Gasteiger partial charge in [-0.2, -0.15) is 5.26 Å². The van der Waals surface area contributed by atoms with Crippen LogP contribution >= 0.6 is 0 Å². The van der Waals surface area contributed by atoms with E-state index in [0.717, 1.165) is 5.56 Å². The first-order valence-corrected chi connectivity index (χ1v) is 12.1. The van der Waals surface area contributed by atoms with Crippen molar-refractivity contribution in [3.05, 3.63) is 65.7 Å². The number of amides is 3. The molecular formula is C28H36N4O4. The van der Waals surface area contributed by atoms with Gasteiger partial charge in [-0.3, -0.25) is 9.59 Å². The Morgan fingerprint density at radius 2 is 1.67 bits per heavy atom. The second-order valence-corrected chi connectivity index (χ2v) is 9.75. The average Bonchev–Trinajstić information content (AvgIpc) is 2.82. The molecule has 0 saturated carbocycles. The van der Waals surface area contributed by atoms with Crippen LogP contribution in [0.25, 0.3) is 0 Å². The van der Waals surface area contributed by atoms with Crippen LogP contribution in [0, 0.1) is 24.2 Å². The first-order valence-electron chi connectivity index (χ1n) is 12.1. The zero-order valence-electron chi connectivity index (χ0n) is 21.9. The number of benzene rings is 2. The van der Waals surface area contributed by atoms with E-state index >= 15 is 0 Å². The predicted molar refractivity (Wildman–Crippen MR) is 139 cm³/mol. The fourth-order valence-corrected chi connectivity index (χ4v) is 3.69. The molecule has 192 valence electrons. The highest BCUT2D eigenvalue weighted by molar-refractivity contribution is 5.99. The van der Waals surface area contributed by atoms with E-state index in [9.17, 15) is 19.6 Å². The molecule has 0 fully saturated rings. The minimum atomic E-state index is -1.09. The Morgan fingerprint density at radius 3 is 2.22 bits per heavy atom. The van der Waals surface area contributed by atoms with Gasteiger partial charge >= 0.3 is 6.09 Å². The molecule has 0 radical (unpaired) electrons. The number of hydrogen-bond acceptors (Lipinski definition) is 5. The van der Waals surface area contributed by atoms with Crippen molar-refractivity contribution in [1.82, 2.24) is 10.2 Å². The Balaban J connectivity index is 2.49. The third kappa shape index (κ3) is 7.84. The van der Waals surface area contributed by atoms with Crippen molar-refractivity contribution < 1.29 is 19.1 Å². The van der Waals surface area contributed by atoms with Crippen LogP contribution in [0.4, 0.5) is 10.5 Å². The molecule has 3 unspecified atom stereocenters. The molecule has 0 aliphatic carbocycles. The van der Waals surface area contributed by atoms with E-state index in [0.29, 0.717) is 17.7 Å². The summed E-state index contributed by atoms with van der Waals surface area (Å²) in [5.41, 5.74) is 1.27. The number of ether oxygens (including phenoxy) is 1. The predicted octanol–water partition coefficient (Wildman–Crippen LogP) is 4.97. The highest BCUT2D eigenvalue weighted by Crippen LogP contribution is 2.26. The van der Waals surface area contributed by atoms with Gasteiger partial charge in [0.2, 0.25) is 5.91 Å². The lowest BCUT2D eigenvalue weighted by Crippen LogP contribution is -2.54. The standard InChI is InChI=1S/C28H36N4O4/c1-7-19(2)23(31-27(35)36-28(4,5)6)26(34)32(18-17-29)24(21-14-9-8-10-15-21)25(33)30-22-16-12-11-13-20(22)3/h8-16,19,23-24H,7,18H2,1-6H3,(H,30,33)(H,31,35). The molecule has 2 aromatic carbocycles. The number of aryl methyl sites for hydroxylation is 1. The number of hydrogen-bond donors (Lipinski definition) is 2. The van der Waals surface area contributed by atoms with Gasteiger partial charge in [0.25, 0.3) is 5.91 Å². The van der Waals surface area contributed by atoms with E-state index in [2.05, 4.69) is 10.6 Å². The van der Waals surface area contributed by atoms with Crippen LogP contribution in [0.15, 0.2) is 54.6 Å². The molecule has 2 aromatic rings. The summed E-state index contributed by atoms with van der Waals surface area (Å²) in [4.78, 5) is 41.3. The Morgan fingerprint density at radius 1 is 1.06 bits per heavy atom. The van der Waals surface area contributed by atoms with Crippen molar-refractivity contribution in [3.8, 4) is 6.07 Å². The largest absolute Gasteiger partial charge is 0.444 e. The van der Waals surface area contributed by atoms with Gasteiger partial charge in [0.1, 0.15) is 24.2 Å². The summed E-state index contributed by atoms with van der Waals surface area (Å²) in [7, 11) is 0. The zero-order valence-corrected chi connectivity index (χ0v) is 21.9. The second kappa shape index (κ2) is 12.7. The van der Waals surface area contributed by atoms with Gasteiger partial charge in [0.05, 0.1) is 6.07 Å². The number of nitrogens with zero attached hydrogens (tertiary/aromatic N) is 2. The maximum atomic E-state index is 13.9. The van der Waals surface area contributed by atoms with Crippen LogP contribution in [0.2, 0.25) is 0 Å². The van der Waals surface area contributed by atoms with Gasteiger partial charge < -0.3 is 20.3 Å². The van der Waals surface area contributed by atoms with Crippen molar-refractivity contribution in [2.75, 3.05) is 11.9 Å². The smallest absolute Gasteiger partial charge is 0.408 e. The average molecular weight is 493 g/mol. The molecule has 36 heavy (non-hydrogen) atoms. The number of anilines is 1. The van der Waals surface area contributed by atoms with Crippen LogP contribution in [-0.2, 0) is 14.3 Å². The van der Waals surface area contributed by atoms with Crippen molar-refractivity contribution in [2.45, 2.75) is 65.6 Å². The number of alkyl carbamates (subject to hydrolysis) is 1. The summed E-state index contributed by atoms with van der Waals surface area (Å²) < 4.78 is 5.37. The molecule has 0 spiro atoms. The van der Waals surface area contributed by atoms with E-state index < -0.39 is 35.6 Å². The first kappa shape index (κ1) is 28.4. The molecule has 0 aliphatic rings. The summed E-state index contributed by atoms with van der Waals surface area (Å²) in [5.74, 6) is -1.27. The third-order valence-corrected chi connectivity index (χ3v) is 5.75. The number of carbonyl (C=O) groups excluding carboxylic acids is 3. The molecular weight excluding hydrogens is 456 g/mol. The summed E-state index contributed by atoms with van der Waals surface area (Å²) in [6.07, 6.45) is -0.156. The highest BCUT2D eigenvalue weighted by Gasteiger charge is 2.38. The van der Waals surface area contributed by atoms with Gasteiger partial charge in [-0.05, 0) is 50.8 Å². The fraction of sp³-hybridized carbons (Fsp3) is 0.429. The third-order valence-electron chi connectivity index (χ3n) is 5.75. The molecule has 8 nitrogen and oxygen atoms in total. The number of nitriles is 1. The van der Waals surface area contributed by atoms with Crippen molar-refractivity contribution >= 4 is 23.6 Å². The van der Waals surface area contributed by atoms with Crippen LogP contribution < -0.4 is 10.6 Å². The van der Waals surface area contributed by atoms with Gasteiger partial charge in [-0.25, -0.2) is 4.79 Å². The summed E-state index contributed by atoms with van der Waals surface area (Å²) in [5, 5.41) is 15.2. The number of nitrogens with one attached hydrogen (secondary N) is 2. The van der Waals surface area contributed by atoms with Crippen molar-refractivity contribution in [2.24, 2.45) is 5.92 Å². The number of carbonyl (C=O) groups is 3. The molecule has 0 bridgehead atoms.